The molecule has 0 saturated carbocycles. The van der Waals surface area contributed by atoms with E-state index in [4.69, 9.17) is 5.73 Å². The SMILES string of the molecule is NC(=NCC(=O)N1CCc2ccccc21)Nc1ccc(OC(F)(F)F)cc1. The Hall–Kier alpha value is -3.23. The largest absolute Gasteiger partial charge is 0.573 e. The van der Waals surface area contributed by atoms with Crippen molar-refractivity contribution in [2.45, 2.75) is 12.8 Å². The summed E-state index contributed by atoms with van der Waals surface area (Å²) in [5.41, 5.74) is 8.16. The molecule has 3 rings (SSSR count). The first-order valence-corrected chi connectivity index (χ1v) is 8.13. The average Bonchev–Trinajstić information content (AvgIpc) is 3.04. The molecule has 1 heterocycles. The fraction of sp³-hybridized carbons (Fsp3) is 0.222. The second-order valence-electron chi connectivity index (χ2n) is 5.82. The highest BCUT2D eigenvalue weighted by Gasteiger charge is 2.31. The number of amides is 1. The number of aliphatic imine (C=N–C) groups is 1. The fourth-order valence-electron chi connectivity index (χ4n) is 2.76. The van der Waals surface area contributed by atoms with Crippen LogP contribution in [-0.2, 0) is 11.2 Å². The lowest BCUT2D eigenvalue weighted by molar-refractivity contribution is -0.274. The Labute approximate surface area is 153 Å². The summed E-state index contributed by atoms with van der Waals surface area (Å²) in [6.45, 7) is 0.462. The number of para-hydroxylation sites is 1. The number of ether oxygens (including phenoxy) is 1. The molecule has 1 amide bonds. The van der Waals surface area contributed by atoms with Crippen molar-refractivity contribution in [2.24, 2.45) is 10.7 Å². The van der Waals surface area contributed by atoms with Gasteiger partial charge in [-0.05, 0) is 42.3 Å². The molecule has 0 aliphatic carbocycles. The van der Waals surface area contributed by atoms with Crippen LogP contribution in [0.4, 0.5) is 24.5 Å². The Morgan fingerprint density at radius 3 is 2.59 bits per heavy atom. The average molecular weight is 378 g/mol. The van der Waals surface area contributed by atoms with E-state index in [0.717, 1.165) is 29.8 Å². The third kappa shape index (κ3) is 4.90. The molecule has 0 fully saturated rings. The second-order valence-corrected chi connectivity index (χ2v) is 5.82. The van der Waals surface area contributed by atoms with Crippen LogP contribution >= 0.6 is 0 Å². The number of rotatable bonds is 4. The molecule has 9 heteroatoms. The van der Waals surface area contributed by atoms with Gasteiger partial charge in [-0.15, -0.1) is 13.2 Å². The van der Waals surface area contributed by atoms with Gasteiger partial charge in [-0.3, -0.25) is 4.79 Å². The van der Waals surface area contributed by atoms with Crippen molar-refractivity contribution >= 4 is 23.2 Å². The van der Waals surface area contributed by atoms with Gasteiger partial charge in [0.2, 0.25) is 5.91 Å². The Bertz CT molecular complexity index is 850. The molecule has 0 saturated heterocycles. The number of nitrogens with one attached hydrogen (secondary N) is 1. The molecule has 3 N–H and O–H groups in total. The summed E-state index contributed by atoms with van der Waals surface area (Å²) in [6, 6.07) is 12.7. The zero-order valence-electron chi connectivity index (χ0n) is 14.2. The molecule has 2 aromatic carbocycles. The lowest BCUT2D eigenvalue weighted by Gasteiger charge is -2.16. The van der Waals surface area contributed by atoms with Crippen molar-refractivity contribution in [3.8, 4) is 5.75 Å². The van der Waals surface area contributed by atoms with Crippen LogP contribution in [0.3, 0.4) is 0 Å². The summed E-state index contributed by atoms with van der Waals surface area (Å²) in [4.78, 5) is 18.0. The third-order valence-corrected chi connectivity index (χ3v) is 3.93. The van der Waals surface area contributed by atoms with Crippen LogP contribution in [0, 0.1) is 0 Å². The Kier molecular flexibility index (Phi) is 5.20. The van der Waals surface area contributed by atoms with E-state index in [1.807, 2.05) is 24.3 Å². The van der Waals surface area contributed by atoms with Crippen LogP contribution in [0.2, 0.25) is 0 Å². The van der Waals surface area contributed by atoms with Crippen molar-refractivity contribution in [3.05, 3.63) is 54.1 Å². The first-order valence-electron chi connectivity index (χ1n) is 8.13. The van der Waals surface area contributed by atoms with Gasteiger partial charge in [0.25, 0.3) is 0 Å². The normalized spacial score (nSPS) is 14.0. The number of benzene rings is 2. The van der Waals surface area contributed by atoms with Crippen LogP contribution in [0.15, 0.2) is 53.5 Å². The Morgan fingerprint density at radius 2 is 1.89 bits per heavy atom. The van der Waals surface area contributed by atoms with E-state index < -0.39 is 6.36 Å². The highest BCUT2D eigenvalue weighted by Crippen LogP contribution is 2.27. The molecule has 0 spiro atoms. The molecular weight excluding hydrogens is 361 g/mol. The van der Waals surface area contributed by atoms with Crippen LogP contribution in [-0.4, -0.2) is 31.3 Å². The second kappa shape index (κ2) is 7.56. The van der Waals surface area contributed by atoms with Gasteiger partial charge in [0.1, 0.15) is 12.3 Å². The van der Waals surface area contributed by atoms with Crippen LogP contribution < -0.4 is 20.7 Å². The minimum Gasteiger partial charge on any atom is -0.406 e. The first kappa shape index (κ1) is 18.6. The van der Waals surface area contributed by atoms with Gasteiger partial charge in [0, 0.05) is 17.9 Å². The Morgan fingerprint density at radius 1 is 1.19 bits per heavy atom. The van der Waals surface area contributed by atoms with E-state index >= 15 is 0 Å². The van der Waals surface area contributed by atoms with Gasteiger partial charge in [-0.1, -0.05) is 18.2 Å². The van der Waals surface area contributed by atoms with Gasteiger partial charge in [-0.25, -0.2) is 4.99 Å². The van der Waals surface area contributed by atoms with Crippen molar-refractivity contribution in [3.63, 3.8) is 0 Å². The number of hydrogen-bond donors (Lipinski definition) is 2. The number of nitrogens with zero attached hydrogens (tertiary/aromatic N) is 2. The monoisotopic (exact) mass is 378 g/mol. The quantitative estimate of drug-likeness (QED) is 0.633. The number of guanidine groups is 1. The molecule has 142 valence electrons. The fourth-order valence-corrected chi connectivity index (χ4v) is 2.76. The number of alkyl halides is 3. The molecule has 2 aromatic rings. The number of hydrogen-bond acceptors (Lipinski definition) is 3. The topological polar surface area (TPSA) is 80.0 Å². The highest BCUT2D eigenvalue weighted by atomic mass is 19.4. The van der Waals surface area contributed by atoms with E-state index in [1.54, 1.807) is 4.90 Å². The number of nitrogens with two attached hydrogens (primary N) is 1. The van der Waals surface area contributed by atoms with Crippen LogP contribution in [0.25, 0.3) is 0 Å². The molecular formula is C18H17F3N4O2. The van der Waals surface area contributed by atoms with Crippen LogP contribution in [0.5, 0.6) is 5.75 Å². The van der Waals surface area contributed by atoms with E-state index in [0.29, 0.717) is 12.2 Å². The van der Waals surface area contributed by atoms with Crippen LogP contribution in [0.1, 0.15) is 5.56 Å². The number of halogens is 3. The maximum Gasteiger partial charge on any atom is 0.573 e. The molecule has 27 heavy (non-hydrogen) atoms. The molecule has 1 aliphatic rings. The summed E-state index contributed by atoms with van der Waals surface area (Å²) in [5, 5.41) is 2.72. The van der Waals surface area contributed by atoms with Crippen molar-refractivity contribution in [1.82, 2.24) is 0 Å². The van der Waals surface area contributed by atoms with Crippen molar-refractivity contribution in [2.75, 3.05) is 23.3 Å². The van der Waals surface area contributed by atoms with Gasteiger partial charge < -0.3 is 20.7 Å². The number of carbonyl (C=O) groups is 1. The predicted molar refractivity (Wildman–Crippen MR) is 95.7 cm³/mol. The first-order chi connectivity index (χ1) is 12.8. The Balaban J connectivity index is 1.56. The summed E-state index contributed by atoms with van der Waals surface area (Å²) < 4.78 is 40.2. The highest BCUT2D eigenvalue weighted by molar-refractivity contribution is 5.99. The maximum atomic E-state index is 12.4. The molecule has 0 unspecified atom stereocenters. The minimum absolute atomic E-state index is 0.0136. The maximum absolute atomic E-state index is 12.4. The zero-order chi connectivity index (χ0) is 19.4. The zero-order valence-corrected chi connectivity index (χ0v) is 14.2. The van der Waals surface area contributed by atoms with E-state index in [2.05, 4.69) is 15.0 Å². The minimum atomic E-state index is -4.75. The predicted octanol–water partition coefficient (Wildman–Crippen LogP) is 2.90. The molecule has 0 aromatic heterocycles. The number of carbonyl (C=O) groups excluding carboxylic acids is 1. The van der Waals surface area contributed by atoms with Gasteiger partial charge in [0.15, 0.2) is 5.96 Å². The van der Waals surface area contributed by atoms with Gasteiger partial charge in [-0.2, -0.15) is 0 Å². The summed E-state index contributed by atoms with van der Waals surface area (Å²) >= 11 is 0. The lowest BCUT2D eigenvalue weighted by Crippen LogP contribution is -2.32. The summed E-state index contributed by atoms with van der Waals surface area (Å²) in [7, 11) is 0. The van der Waals surface area contributed by atoms with E-state index in [-0.39, 0.29) is 24.2 Å². The summed E-state index contributed by atoms with van der Waals surface area (Å²) in [5.74, 6) is -0.537. The van der Waals surface area contributed by atoms with E-state index in [1.165, 1.54) is 12.1 Å². The molecule has 1 aliphatic heterocycles. The van der Waals surface area contributed by atoms with Crippen molar-refractivity contribution < 1.29 is 22.7 Å². The van der Waals surface area contributed by atoms with Crippen molar-refractivity contribution in [1.29, 1.82) is 0 Å². The van der Waals surface area contributed by atoms with Gasteiger partial charge in [0.05, 0.1) is 0 Å². The molecule has 6 nitrogen and oxygen atoms in total. The smallest absolute Gasteiger partial charge is 0.406 e. The third-order valence-electron chi connectivity index (χ3n) is 3.93. The van der Waals surface area contributed by atoms with Gasteiger partial charge >= 0.3 is 6.36 Å². The number of anilines is 2. The number of fused-ring (bicyclic) bond motifs is 1. The summed E-state index contributed by atoms with van der Waals surface area (Å²) in [6.07, 6.45) is -3.95. The molecule has 0 radical (unpaired) electrons. The molecule has 0 bridgehead atoms. The standard InChI is InChI=1S/C18H17F3N4O2/c19-18(20,21)27-14-7-5-13(6-8-14)24-17(22)23-11-16(26)25-10-9-12-3-1-2-4-15(12)25/h1-8H,9-11H2,(H3,22,23,24). The van der Waals surface area contributed by atoms with E-state index in [9.17, 15) is 18.0 Å². The lowest BCUT2D eigenvalue weighted by atomic mass is 10.2. The molecule has 0 atom stereocenters.